The number of ether oxygens (including phenoxy) is 4. The minimum atomic E-state index is -1.62. The average Bonchev–Trinajstić information content (AvgIpc) is 2.61. The van der Waals surface area contributed by atoms with Crippen molar-refractivity contribution in [3.8, 4) is 0 Å². The van der Waals surface area contributed by atoms with Crippen LogP contribution in [0.15, 0.2) is 0 Å². The summed E-state index contributed by atoms with van der Waals surface area (Å²) in [4.78, 5) is 49.5. The molecule has 2 N–H and O–H groups in total. The van der Waals surface area contributed by atoms with Gasteiger partial charge in [0.2, 0.25) is 5.91 Å². The zero-order valence-corrected chi connectivity index (χ0v) is 21.3. The summed E-state index contributed by atoms with van der Waals surface area (Å²) in [5, 5.41) is 13.1. The van der Waals surface area contributed by atoms with E-state index in [1.165, 1.54) is 6.92 Å². The molecule has 1 aliphatic heterocycles. The van der Waals surface area contributed by atoms with Crippen LogP contribution in [0, 0.1) is 16.2 Å². The van der Waals surface area contributed by atoms with Gasteiger partial charge in [-0.05, 0) is 62.3 Å². The number of carbonyl (C=O) groups excluding carboxylic acids is 4. The maximum atomic E-state index is 12.7. The second-order valence-corrected chi connectivity index (χ2v) is 11.4. The van der Waals surface area contributed by atoms with Gasteiger partial charge in [0, 0.05) is 6.92 Å². The summed E-state index contributed by atoms with van der Waals surface area (Å²) in [7, 11) is 0. The molecule has 1 rings (SSSR count). The predicted molar refractivity (Wildman–Crippen MR) is 118 cm³/mol. The van der Waals surface area contributed by atoms with Gasteiger partial charge in [0.15, 0.2) is 18.5 Å². The fraction of sp³-hybridized carbons (Fsp3) is 0.826. The molecule has 0 aromatic carbocycles. The van der Waals surface area contributed by atoms with Crippen molar-refractivity contribution >= 4 is 23.8 Å². The monoisotopic (exact) mass is 473 g/mol. The van der Waals surface area contributed by atoms with Crippen LogP contribution < -0.4 is 5.32 Å². The Morgan fingerprint density at radius 2 is 1.21 bits per heavy atom. The third kappa shape index (κ3) is 8.26. The number of amides is 1. The highest BCUT2D eigenvalue weighted by Crippen LogP contribution is 2.30. The summed E-state index contributed by atoms with van der Waals surface area (Å²) in [6, 6.07) is -1.22. The Morgan fingerprint density at radius 1 is 0.788 bits per heavy atom. The van der Waals surface area contributed by atoms with Crippen LogP contribution in [0.3, 0.4) is 0 Å². The van der Waals surface area contributed by atoms with Crippen molar-refractivity contribution in [1.82, 2.24) is 5.32 Å². The lowest BCUT2D eigenvalue weighted by molar-refractivity contribution is -0.269. The van der Waals surface area contributed by atoms with E-state index in [1.807, 2.05) is 0 Å². The van der Waals surface area contributed by atoms with E-state index in [1.54, 1.807) is 62.3 Å². The highest BCUT2D eigenvalue weighted by Gasteiger charge is 2.52. The number of hydrogen-bond acceptors (Lipinski definition) is 9. The largest absolute Gasteiger partial charge is 0.462 e. The van der Waals surface area contributed by atoms with E-state index in [0.29, 0.717) is 0 Å². The Hall–Kier alpha value is -2.20. The third-order valence-electron chi connectivity index (χ3n) is 4.74. The van der Waals surface area contributed by atoms with Crippen molar-refractivity contribution in [3.63, 3.8) is 0 Å². The number of rotatable bonds is 5. The van der Waals surface area contributed by atoms with Crippen LogP contribution >= 0.6 is 0 Å². The molecule has 0 aromatic heterocycles. The van der Waals surface area contributed by atoms with Crippen molar-refractivity contribution in [2.45, 2.75) is 99.9 Å². The normalized spacial score (nSPS) is 26.2. The molecule has 190 valence electrons. The van der Waals surface area contributed by atoms with Crippen LogP contribution in [0.5, 0.6) is 0 Å². The van der Waals surface area contributed by atoms with Gasteiger partial charge >= 0.3 is 17.9 Å². The quantitative estimate of drug-likeness (QED) is 0.451. The van der Waals surface area contributed by atoms with E-state index in [9.17, 15) is 24.3 Å². The molecule has 1 saturated heterocycles. The van der Waals surface area contributed by atoms with Crippen molar-refractivity contribution in [3.05, 3.63) is 0 Å². The van der Waals surface area contributed by atoms with E-state index < -0.39 is 70.7 Å². The van der Waals surface area contributed by atoms with Crippen molar-refractivity contribution in [2.75, 3.05) is 6.61 Å². The average molecular weight is 474 g/mol. The minimum Gasteiger partial charge on any atom is -0.462 e. The molecule has 0 aromatic rings. The highest BCUT2D eigenvalue weighted by molar-refractivity contribution is 5.77. The Kier molecular flexibility index (Phi) is 9.07. The van der Waals surface area contributed by atoms with Gasteiger partial charge in [0.25, 0.3) is 0 Å². The van der Waals surface area contributed by atoms with Crippen molar-refractivity contribution in [2.24, 2.45) is 16.2 Å². The van der Waals surface area contributed by atoms with Gasteiger partial charge < -0.3 is 29.4 Å². The Labute approximate surface area is 195 Å². The second kappa shape index (κ2) is 10.4. The molecule has 5 atom stereocenters. The van der Waals surface area contributed by atoms with Gasteiger partial charge in [0.05, 0.1) is 16.2 Å². The van der Waals surface area contributed by atoms with Crippen molar-refractivity contribution < 1.29 is 43.2 Å². The maximum Gasteiger partial charge on any atom is 0.311 e. The third-order valence-corrected chi connectivity index (χ3v) is 4.74. The first-order chi connectivity index (χ1) is 14.7. The van der Waals surface area contributed by atoms with Gasteiger partial charge in [-0.3, -0.25) is 19.2 Å². The maximum absolute atomic E-state index is 12.7. The van der Waals surface area contributed by atoms with Crippen molar-refractivity contribution in [1.29, 1.82) is 0 Å². The molecule has 0 aliphatic carbocycles. The fourth-order valence-corrected chi connectivity index (χ4v) is 2.70. The molecule has 1 unspecified atom stereocenters. The summed E-state index contributed by atoms with van der Waals surface area (Å²) >= 11 is 0. The van der Waals surface area contributed by atoms with Crippen LogP contribution in [0.25, 0.3) is 0 Å². The number of nitrogens with one attached hydrogen (secondary N) is 1. The Bertz CT molecular complexity index is 743. The standard InChI is InChI=1S/C23H39NO9/c1-12(25)24-14-16(33-20(29)23(8,9)10)15(32-19(28)22(5,6)7)13(31-17(14)26)11-30-18(27)21(2,3)4/h13-17,26H,11H2,1-10H3,(H,24,25)/t13-,14-,15-,16-,17?/m1/s1. The molecule has 1 fully saturated rings. The number of carbonyl (C=O) groups is 4. The molecule has 33 heavy (non-hydrogen) atoms. The van der Waals surface area contributed by atoms with Gasteiger partial charge in [-0.15, -0.1) is 0 Å². The first-order valence-corrected chi connectivity index (χ1v) is 10.9. The Balaban J connectivity index is 3.39. The molecule has 0 spiro atoms. The van der Waals surface area contributed by atoms with Gasteiger partial charge in [-0.2, -0.15) is 0 Å². The number of hydrogen-bond donors (Lipinski definition) is 2. The summed E-state index contributed by atoms with van der Waals surface area (Å²) in [5.41, 5.74) is -2.64. The molecule has 0 bridgehead atoms. The fourth-order valence-electron chi connectivity index (χ4n) is 2.70. The summed E-state index contributed by atoms with van der Waals surface area (Å²) in [5.74, 6) is -2.32. The first kappa shape index (κ1) is 28.8. The molecule has 0 radical (unpaired) electrons. The number of aliphatic hydroxyl groups excluding tert-OH is 1. The smallest absolute Gasteiger partial charge is 0.311 e. The van der Waals surface area contributed by atoms with Gasteiger partial charge in [-0.25, -0.2) is 0 Å². The van der Waals surface area contributed by atoms with Crippen LogP contribution in [0.2, 0.25) is 0 Å². The zero-order chi connectivity index (χ0) is 25.9. The molecule has 10 heteroatoms. The highest BCUT2D eigenvalue weighted by atomic mass is 16.7. The molecule has 1 heterocycles. The lowest BCUT2D eigenvalue weighted by Gasteiger charge is -2.44. The van der Waals surface area contributed by atoms with Crippen LogP contribution in [-0.4, -0.2) is 66.2 Å². The van der Waals surface area contributed by atoms with Gasteiger partial charge in [-0.1, -0.05) is 0 Å². The topological polar surface area (TPSA) is 137 Å². The van der Waals surface area contributed by atoms with Crippen LogP contribution in [-0.2, 0) is 38.1 Å². The Morgan fingerprint density at radius 3 is 1.61 bits per heavy atom. The van der Waals surface area contributed by atoms with E-state index in [4.69, 9.17) is 18.9 Å². The molecule has 1 amide bonds. The summed E-state index contributed by atoms with van der Waals surface area (Å²) < 4.78 is 22.3. The first-order valence-electron chi connectivity index (χ1n) is 10.9. The van der Waals surface area contributed by atoms with Crippen LogP contribution in [0.1, 0.15) is 69.2 Å². The second-order valence-electron chi connectivity index (χ2n) is 11.4. The summed E-state index contributed by atoms with van der Waals surface area (Å²) in [6.07, 6.45) is -5.33. The number of esters is 3. The lowest BCUT2D eigenvalue weighted by atomic mass is 9.92. The molecule has 0 saturated carbocycles. The zero-order valence-electron chi connectivity index (χ0n) is 21.3. The van der Waals surface area contributed by atoms with Gasteiger partial charge in [0.1, 0.15) is 18.8 Å². The van der Waals surface area contributed by atoms with Crippen LogP contribution in [0.4, 0.5) is 0 Å². The predicted octanol–water partition coefficient (Wildman–Crippen LogP) is 1.71. The van der Waals surface area contributed by atoms with E-state index in [-0.39, 0.29) is 6.61 Å². The molecular formula is C23H39NO9. The van der Waals surface area contributed by atoms with E-state index in [0.717, 1.165) is 0 Å². The van der Waals surface area contributed by atoms with E-state index in [2.05, 4.69) is 5.32 Å². The van der Waals surface area contributed by atoms with E-state index >= 15 is 0 Å². The molecule has 1 aliphatic rings. The summed E-state index contributed by atoms with van der Waals surface area (Å²) in [6.45, 7) is 15.7. The molecular weight excluding hydrogens is 434 g/mol. The SMILES string of the molecule is CC(=O)N[C@H]1C(O)O[C@H](COC(=O)C(C)(C)C)[C@@H](OC(=O)C(C)(C)C)[C@@H]1OC(=O)C(C)(C)C. The lowest BCUT2D eigenvalue weighted by Crippen LogP contribution is -2.66. The minimum absolute atomic E-state index is 0.369. The number of aliphatic hydroxyl groups is 1. The molecule has 10 nitrogen and oxygen atoms in total.